The van der Waals surface area contributed by atoms with Gasteiger partial charge in [-0.25, -0.2) is 9.18 Å². The van der Waals surface area contributed by atoms with Gasteiger partial charge < -0.3 is 30.1 Å². The van der Waals surface area contributed by atoms with E-state index in [0.29, 0.717) is 57.8 Å². The van der Waals surface area contributed by atoms with E-state index >= 15 is 4.39 Å². The topological polar surface area (TPSA) is 111 Å². The van der Waals surface area contributed by atoms with Crippen molar-refractivity contribution in [2.45, 2.75) is 51.7 Å². The van der Waals surface area contributed by atoms with E-state index in [1.807, 2.05) is 24.3 Å². The highest BCUT2D eigenvalue weighted by Crippen LogP contribution is 2.31. The first-order chi connectivity index (χ1) is 19.8. The summed E-state index contributed by atoms with van der Waals surface area (Å²) in [5, 5.41) is 5.49. The Bertz CT molecular complexity index is 1330. The summed E-state index contributed by atoms with van der Waals surface area (Å²) in [6, 6.07) is 8.89. The number of nitrogens with zero attached hydrogens (tertiary/aromatic N) is 3. The monoisotopic (exact) mass is 565 g/mol. The van der Waals surface area contributed by atoms with Crippen molar-refractivity contribution in [3.05, 3.63) is 58.9 Å². The molecule has 5 amide bonds. The van der Waals surface area contributed by atoms with Crippen LogP contribution in [0.2, 0.25) is 0 Å². The highest BCUT2D eigenvalue weighted by atomic mass is 19.1. The SMILES string of the molecule is CC(C)N(C=O)c1cc(F)c(NC(=O)N2CCC[C@@H](N3Cc4ccccc4C3=O)C2)cc1C(=O)NCC1CCOC1. The Hall–Kier alpha value is -3.99. The summed E-state index contributed by atoms with van der Waals surface area (Å²) in [6.45, 7) is 6.37. The van der Waals surface area contributed by atoms with E-state index in [0.717, 1.165) is 24.5 Å². The van der Waals surface area contributed by atoms with Crippen LogP contribution in [-0.2, 0) is 16.1 Å². The smallest absolute Gasteiger partial charge is 0.321 e. The molecule has 2 saturated heterocycles. The fraction of sp³-hybridized carbons (Fsp3) is 0.467. The lowest BCUT2D eigenvalue weighted by Crippen LogP contribution is -2.51. The molecule has 41 heavy (non-hydrogen) atoms. The van der Waals surface area contributed by atoms with Gasteiger partial charge in [0.25, 0.3) is 11.8 Å². The Kier molecular flexibility index (Phi) is 8.53. The van der Waals surface area contributed by atoms with Gasteiger partial charge in [0.05, 0.1) is 29.6 Å². The van der Waals surface area contributed by atoms with E-state index in [2.05, 4.69) is 10.6 Å². The summed E-state index contributed by atoms with van der Waals surface area (Å²) in [7, 11) is 0. The van der Waals surface area contributed by atoms with Gasteiger partial charge in [0.1, 0.15) is 5.82 Å². The van der Waals surface area contributed by atoms with Crippen LogP contribution in [0.1, 0.15) is 59.4 Å². The number of rotatable bonds is 8. The molecule has 3 aliphatic heterocycles. The van der Waals surface area contributed by atoms with Crippen LogP contribution in [0.3, 0.4) is 0 Å². The predicted octanol–water partition coefficient (Wildman–Crippen LogP) is 3.62. The molecule has 218 valence electrons. The average Bonchev–Trinajstić information content (AvgIpc) is 3.61. The van der Waals surface area contributed by atoms with Gasteiger partial charge in [0, 0.05) is 56.4 Å². The molecule has 0 bridgehead atoms. The van der Waals surface area contributed by atoms with Gasteiger partial charge in [-0.3, -0.25) is 14.4 Å². The fourth-order valence-corrected chi connectivity index (χ4v) is 5.75. The Morgan fingerprint density at radius 1 is 1.22 bits per heavy atom. The van der Waals surface area contributed by atoms with Gasteiger partial charge in [-0.05, 0) is 50.8 Å². The van der Waals surface area contributed by atoms with Crippen molar-refractivity contribution in [1.29, 1.82) is 0 Å². The van der Waals surface area contributed by atoms with E-state index in [-0.39, 0.29) is 40.8 Å². The number of benzene rings is 2. The number of urea groups is 1. The second kappa shape index (κ2) is 12.3. The zero-order chi connectivity index (χ0) is 29.1. The lowest BCUT2D eigenvalue weighted by Gasteiger charge is -2.37. The minimum atomic E-state index is -0.764. The first-order valence-electron chi connectivity index (χ1n) is 14.1. The van der Waals surface area contributed by atoms with Gasteiger partial charge in [-0.2, -0.15) is 0 Å². The molecule has 2 fully saturated rings. The molecule has 0 radical (unpaired) electrons. The molecule has 0 aromatic heterocycles. The van der Waals surface area contributed by atoms with Crippen molar-refractivity contribution in [3.8, 4) is 0 Å². The highest BCUT2D eigenvalue weighted by Gasteiger charge is 2.36. The molecule has 0 spiro atoms. The average molecular weight is 566 g/mol. The van der Waals surface area contributed by atoms with E-state index in [9.17, 15) is 19.2 Å². The van der Waals surface area contributed by atoms with Crippen LogP contribution in [0.5, 0.6) is 0 Å². The molecular weight excluding hydrogens is 529 g/mol. The largest absolute Gasteiger partial charge is 0.381 e. The molecule has 3 heterocycles. The van der Waals surface area contributed by atoms with Crippen molar-refractivity contribution in [3.63, 3.8) is 0 Å². The number of ether oxygens (including phenoxy) is 1. The molecule has 11 heteroatoms. The summed E-state index contributed by atoms with van der Waals surface area (Å²) < 4.78 is 20.7. The van der Waals surface area contributed by atoms with Crippen molar-refractivity contribution >= 4 is 35.6 Å². The van der Waals surface area contributed by atoms with Crippen LogP contribution in [0.15, 0.2) is 36.4 Å². The maximum atomic E-state index is 15.4. The summed E-state index contributed by atoms with van der Waals surface area (Å²) >= 11 is 0. The quantitative estimate of drug-likeness (QED) is 0.475. The maximum Gasteiger partial charge on any atom is 0.321 e. The number of carbonyl (C=O) groups excluding carboxylic acids is 4. The van der Waals surface area contributed by atoms with Crippen molar-refractivity contribution < 1.29 is 28.3 Å². The zero-order valence-corrected chi connectivity index (χ0v) is 23.4. The van der Waals surface area contributed by atoms with Crippen molar-refractivity contribution in [2.24, 2.45) is 5.92 Å². The van der Waals surface area contributed by atoms with Crippen LogP contribution in [-0.4, -0.2) is 79.0 Å². The molecule has 5 rings (SSSR count). The standard InChI is InChI=1S/C30H36FN5O5/c1-19(2)36(18-37)27-13-25(31)26(12-24(27)28(38)32-14-20-9-11-41-17-20)33-30(40)34-10-5-7-22(16-34)35-15-21-6-3-4-8-23(21)29(35)39/h3-4,6,8,12-13,18-20,22H,5,7,9-11,14-17H2,1-2H3,(H,32,38)(H,33,40)/t20?,22-/m1/s1. The molecule has 0 aliphatic carbocycles. The molecule has 10 nitrogen and oxygen atoms in total. The van der Waals surface area contributed by atoms with Crippen molar-refractivity contribution in [2.75, 3.05) is 43.1 Å². The van der Waals surface area contributed by atoms with Crippen LogP contribution >= 0.6 is 0 Å². The Balaban J connectivity index is 1.32. The second-order valence-electron chi connectivity index (χ2n) is 11.2. The summed E-state index contributed by atoms with van der Waals surface area (Å²) in [5.74, 6) is -1.10. The highest BCUT2D eigenvalue weighted by molar-refractivity contribution is 6.04. The molecular formula is C30H36FN5O5. The number of halogens is 1. The third-order valence-electron chi connectivity index (χ3n) is 8.07. The molecule has 2 atom stereocenters. The molecule has 2 aromatic carbocycles. The minimum Gasteiger partial charge on any atom is -0.381 e. The number of hydrogen-bond donors (Lipinski definition) is 2. The molecule has 3 aliphatic rings. The Labute approximate surface area is 238 Å². The van der Waals surface area contributed by atoms with E-state index in [4.69, 9.17) is 4.74 Å². The second-order valence-corrected chi connectivity index (χ2v) is 11.2. The number of anilines is 2. The van der Waals surface area contributed by atoms with Gasteiger partial charge in [0.15, 0.2) is 0 Å². The first kappa shape index (κ1) is 28.5. The molecule has 0 saturated carbocycles. The van der Waals surface area contributed by atoms with Gasteiger partial charge in [-0.15, -0.1) is 0 Å². The van der Waals surface area contributed by atoms with Crippen LogP contribution in [0.25, 0.3) is 0 Å². The number of nitrogens with one attached hydrogen (secondary N) is 2. The fourth-order valence-electron chi connectivity index (χ4n) is 5.75. The van der Waals surface area contributed by atoms with Gasteiger partial charge in [0.2, 0.25) is 6.41 Å². The van der Waals surface area contributed by atoms with Crippen LogP contribution in [0, 0.1) is 11.7 Å². The summed E-state index contributed by atoms with van der Waals surface area (Å²) in [6.07, 6.45) is 2.85. The molecule has 2 aromatic rings. The van der Waals surface area contributed by atoms with Crippen LogP contribution < -0.4 is 15.5 Å². The number of hydrogen-bond acceptors (Lipinski definition) is 5. The zero-order valence-electron chi connectivity index (χ0n) is 23.4. The van der Waals surface area contributed by atoms with E-state index < -0.39 is 17.8 Å². The third kappa shape index (κ3) is 6.04. The van der Waals surface area contributed by atoms with E-state index in [1.165, 1.54) is 11.0 Å². The molecule has 1 unspecified atom stereocenters. The number of carbonyl (C=O) groups is 4. The minimum absolute atomic E-state index is 0.0424. The predicted molar refractivity (Wildman–Crippen MR) is 151 cm³/mol. The van der Waals surface area contributed by atoms with Gasteiger partial charge >= 0.3 is 6.03 Å². The summed E-state index contributed by atoms with van der Waals surface area (Å²) in [5.41, 5.74) is 1.70. The Morgan fingerprint density at radius 2 is 2.02 bits per heavy atom. The van der Waals surface area contributed by atoms with E-state index in [1.54, 1.807) is 23.6 Å². The number of likely N-dealkylation sites (tertiary alicyclic amines) is 1. The lowest BCUT2D eigenvalue weighted by molar-refractivity contribution is -0.107. The van der Waals surface area contributed by atoms with Gasteiger partial charge in [-0.1, -0.05) is 18.2 Å². The first-order valence-corrected chi connectivity index (χ1v) is 14.1. The van der Waals surface area contributed by atoms with Crippen LogP contribution in [0.4, 0.5) is 20.6 Å². The third-order valence-corrected chi connectivity index (χ3v) is 8.07. The number of piperidine rings is 1. The Morgan fingerprint density at radius 3 is 2.73 bits per heavy atom. The van der Waals surface area contributed by atoms with Crippen molar-refractivity contribution in [1.82, 2.24) is 15.1 Å². The number of fused-ring (bicyclic) bond motifs is 1. The maximum absolute atomic E-state index is 15.4. The number of amides is 5. The summed E-state index contributed by atoms with van der Waals surface area (Å²) in [4.78, 5) is 56.1. The normalized spacial score (nSPS) is 20.2. The lowest BCUT2D eigenvalue weighted by atomic mass is 10.0. The molecule has 2 N–H and O–H groups in total.